The van der Waals surface area contributed by atoms with Gasteiger partial charge in [0.05, 0.1) is 35.7 Å². The predicted molar refractivity (Wildman–Crippen MR) is 116 cm³/mol. The van der Waals surface area contributed by atoms with E-state index in [2.05, 4.69) is 9.88 Å². The summed E-state index contributed by atoms with van der Waals surface area (Å²) in [4.78, 5) is 15.7. The summed E-state index contributed by atoms with van der Waals surface area (Å²) in [6, 6.07) is 1.88. The Kier molecular flexibility index (Phi) is 5.85. The zero-order valence-electron chi connectivity index (χ0n) is 17.4. The topological polar surface area (TPSA) is 123 Å². The van der Waals surface area contributed by atoms with Crippen molar-refractivity contribution in [1.29, 1.82) is 0 Å². The number of anilines is 2. The Hall–Kier alpha value is -2.00. The maximum atomic E-state index is 9.99. The first kappa shape index (κ1) is 21.2. The molecule has 2 aliphatic rings. The monoisotopic (exact) mass is 432 g/mol. The number of aliphatic hydroxyl groups is 1. The van der Waals surface area contributed by atoms with Crippen molar-refractivity contribution in [2.75, 3.05) is 30.3 Å². The fraction of sp³-hybridized carbons (Fsp3) is 0.571. The van der Waals surface area contributed by atoms with Crippen LogP contribution in [0.2, 0.25) is 5.02 Å². The summed E-state index contributed by atoms with van der Waals surface area (Å²) < 4.78 is 5.82. The van der Waals surface area contributed by atoms with Crippen molar-refractivity contribution in [3.8, 4) is 0 Å². The molecule has 0 unspecified atom stereocenters. The SMILES string of the molecule is Cc1nc(N2CCC3(CC2)CO[C@@H](C)[C@H]3N)c(CO)nc1Cc1ccnc(N)c1Cl. The highest BCUT2D eigenvalue weighted by atomic mass is 35.5. The van der Waals surface area contributed by atoms with E-state index in [1.54, 1.807) is 6.20 Å². The largest absolute Gasteiger partial charge is 0.390 e. The van der Waals surface area contributed by atoms with Crippen LogP contribution in [0.4, 0.5) is 11.6 Å². The molecule has 2 fully saturated rings. The lowest BCUT2D eigenvalue weighted by Crippen LogP contribution is -2.51. The van der Waals surface area contributed by atoms with Gasteiger partial charge >= 0.3 is 0 Å². The van der Waals surface area contributed by atoms with E-state index in [4.69, 9.17) is 37.8 Å². The Bertz CT molecular complexity index is 932. The summed E-state index contributed by atoms with van der Waals surface area (Å²) in [5.41, 5.74) is 15.3. The number of nitrogens with zero attached hydrogens (tertiary/aromatic N) is 4. The molecule has 2 saturated heterocycles. The van der Waals surface area contributed by atoms with Crippen LogP contribution in [0.25, 0.3) is 0 Å². The summed E-state index contributed by atoms with van der Waals surface area (Å²) in [6.07, 6.45) is 4.09. The smallest absolute Gasteiger partial charge is 0.153 e. The van der Waals surface area contributed by atoms with Gasteiger partial charge in [-0.1, -0.05) is 11.6 Å². The van der Waals surface area contributed by atoms with Gasteiger partial charge in [-0.15, -0.1) is 0 Å². The standard InChI is InChI=1S/C21H29ClN6O2/c1-12-15(9-14-3-6-25-19(24)17(14)22)27-16(10-29)20(26-12)28-7-4-21(5-8-28)11-30-13(2)18(21)23/h3,6,13,18,29H,4-5,7-11,23H2,1-2H3,(H2,24,25)/t13-,18+/m0/s1. The maximum absolute atomic E-state index is 9.99. The van der Waals surface area contributed by atoms with Crippen molar-refractivity contribution < 1.29 is 9.84 Å². The highest BCUT2D eigenvalue weighted by molar-refractivity contribution is 6.33. The van der Waals surface area contributed by atoms with Crippen LogP contribution in [0.15, 0.2) is 12.3 Å². The Morgan fingerprint density at radius 1 is 1.30 bits per heavy atom. The number of aryl methyl sites for hydroxylation is 1. The number of ether oxygens (including phenoxy) is 1. The molecular formula is C21H29ClN6O2. The number of aromatic nitrogens is 3. The number of hydrogen-bond acceptors (Lipinski definition) is 8. The van der Waals surface area contributed by atoms with Crippen LogP contribution >= 0.6 is 11.6 Å². The van der Waals surface area contributed by atoms with E-state index in [1.807, 2.05) is 19.9 Å². The van der Waals surface area contributed by atoms with Gasteiger partial charge in [-0.05, 0) is 38.3 Å². The molecule has 4 heterocycles. The van der Waals surface area contributed by atoms with Gasteiger partial charge in [-0.2, -0.15) is 0 Å². The maximum Gasteiger partial charge on any atom is 0.153 e. The molecule has 0 aromatic carbocycles. The van der Waals surface area contributed by atoms with Crippen molar-refractivity contribution in [2.45, 2.75) is 51.9 Å². The molecule has 2 aliphatic heterocycles. The van der Waals surface area contributed by atoms with Crippen LogP contribution in [0.5, 0.6) is 0 Å². The van der Waals surface area contributed by atoms with Crippen molar-refractivity contribution in [3.63, 3.8) is 0 Å². The Labute approximate surface area is 181 Å². The van der Waals surface area contributed by atoms with Crippen LogP contribution in [0.1, 0.15) is 42.4 Å². The number of hydrogen-bond donors (Lipinski definition) is 3. The van der Waals surface area contributed by atoms with Gasteiger partial charge in [-0.25, -0.2) is 15.0 Å². The quantitative estimate of drug-likeness (QED) is 0.668. The van der Waals surface area contributed by atoms with Gasteiger partial charge in [0.1, 0.15) is 11.5 Å². The summed E-state index contributed by atoms with van der Waals surface area (Å²) in [5.74, 6) is 1.04. The molecule has 162 valence electrons. The molecule has 0 amide bonds. The summed E-state index contributed by atoms with van der Waals surface area (Å²) in [7, 11) is 0. The zero-order chi connectivity index (χ0) is 21.5. The predicted octanol–water partition coefficient (Wildman–Crippen LogP) is 1.83. The van der Waals surface area contributed by atoms with E-state index >= 15 is 0 Å². The summed E-state index contributed by atoms with van der Waals surface area (Å²) >= 11 is 6.29. The van der Waals surface area contributed by atoms with Crippen LogP contribution in [-0.2, 0) is 17.8 Å². The van der Waals surface area contributed by atoms with Crippen molar-refractivity contribution in [1.82, 2.24) is 15.0 Å². The minimum absolute atomic E-state index is 0.0374. The summed E-state index contributed by atoms with van der Waals surface area (Å²) in [5, 5.41) is 10.4. The molecule has 0 bridgehead atoms. The summed E-state index contributed by atoms with van der Waals surface area (Å²) in [6.45, 7) is 6.15. The first-order valence-electron chi connectivity index (χ1n) is 10.3. The second-order valence-corrected chi connectivity index (χ2v) is 8.80. The lowest BCUT2D eigenvalue weighted by Gasteiger charge is -2.42. The normalized spacial score (nSPS) is 23.3. The molecule has 30 heavy (non-hydrogen) atoms. The fourth-order valence-corrected chi connectivity index (χ4v) is 4.74. The molecule has 9 heteroatoms. The third kappa shape index (κ3) is 3.73. The van der Waals surface area contributed by atoms with Gasteiger partial charge in [0, 0.05) is 37.2 Å². The van der Waals surface area contributed by atoms with Crippen molar-refractivity contribution in [2.24, 2.45) is 11.1 Å². The lowest BCUT2D eigenvalue weighted by atomic mass is 9.73. The molecule has 4 rings (SSSR count). The van der Waals surface area contributed by atoms with E-state index in [1.165, 1.54) is 0 Å². The first-order valence-corrected chi connectivity index (χ1v) is 10.7. The number of piperidine rings is 1. The average Bonchev–Trinajstić information content (AvgIpc) is 3.01. The van der Waals surface area contributed by atoms with Crippen molar-refractivity contribution in [3.05, 3.63) is 39.9 Å². The molecule has 2 atom stereocenters. The first-order chi connectivity index (χ1) is 14.3. The minimum Gasteiger partial charge on any atom is -0.390 e. The molecule has 0 radical (unpaired) electrons. The van der Waals surface area contributed by atoms with Gasteiger partial charge < -0.3 is 26.2 Å². The lowest BCUT2D eigenvalue weighted by molar-refractivity contribution is 0.0973. The average molecular weight is 433 g/mol. The zero-order valence-corrected chi connectivity index (χ0v) is 18.2. The van der Waals surface area contributed by atoms with E-state index in [9.17, 15) is 5.11 Å². The number of nitrogen functional groups attached to an aromatic ring is 1. The Morgan fingerprint density at radius 2 is 2.03 bits per heavy atom. The van der Waals surface area contributed by atoms with Crippen LogP contribution in [0, 0.1) is 12.3 Å². The van der Waals surface area contributed by atoms with Gasteiger partial charge in [0.2, 0.25) is 0 Å². The van der Waals surface area contributed by atoms with E-state index in [0.29, 0.717) is 23.0 Å². The Morgan fingerprint density at radius 3 is 2.67 bits per heavy atom. The van der Waals surface area contributed by atoms with Gasteiger partial charge in [-0.3, -0.25) is 0 Å². The second kappa shape index (κ2) is 8.26. The van der Waals surface area contributed by atoms with Gasteiger partial charge in [0.15, 0.2) is 5.82 Å². The van der Waals surface area contributed by atoms with E-state index < -0.39 is 0 Å². The number of halogens is 1. The number of rotatable bonds is 4. The third-order valence-corrected chi connectivity index (χ3v) is 7.06. The highest BCUT2D eigenvalue weighted by Crippen LogP contribution is 2.42. The fourth-order valence-electron chi connectivity index (χ4n) is 4.56. The number of aliphatic hydroxyl groups excluding tert-OH is 1. The Balaban J connectivity index is 1.55. The molecule has 2 aromatic rings. The molecule has 0 aliphatic carbocycles. The second-order valence-electron chi connectivity index (χ2n) is 8.42. The van der Waals surface area contributed by atoms with E-state index in [0.717, 1.165) is 55.3 Å². The van der Waals surface area contributed by atoms with Gasteiger partial charge in [0.25, 0.3) is 0 Å². The van der Waals surface area contributed by atoms with Crippen LogP contribution < -0.4 is 16.4 Å². The molecule has 5 N–H and O–H groups in total. The number of pyridine rings is 1. The molecule has 1 spiro atoms. The molecule has 8 nitrogen and oxygen atoms in total. The van der Waals surface area contributed by atoms with Crippen LogP contribution in [0.3, 0.4) is 0 Å². The molecule has 0 saturated carbocycles. The van der Waals surface area contributed by atoms with Crippen molar-refractivity contribution >= 4 is 23.2 Å². The molecule has 2 aromatic heterocycles. The third-order valence-electron chi connectivity index (χ3n) is 6.63. The van der Waals surface area contributed by atoms with E-state index in [-0.39, 0.29) is 24.2 Å². The van der Waals surface area contributed by atoms with Crippen LogP contribution in [-0.4, -0.2) is 51.9 Å². The molecular weight excluding hydrogens is 404 g/mol. The number of nitrogens with two attached hydrogens (primary N) is 2. The highest BCUT2D eigenvalue weighted by Gasteiger charge is 2.47. The minimum atomic E-state index is -0.177.